The van der Waals surface area contributed by atoms with Crippen LogP contribution in [0.2, 0.25) is 0 Å². The van der Waals surface area contributed by atoms with Crippen LogP contribution in [0.5, 0.6) is 11.5 Å². The average molecular weight is 377 g/mol. The van der Waals surface area contributed by atoms with Gasteiger partial charge in [0.05, 0.1) is 17.9 Å². The number of ether oxygens (including phenoxy) is 1. The van der Waals surface area contributed by atoms with Crippen LogP contribution in [0.4, 0.5) is 11.4 Å². The fraction of sp³-hybridized carbons (Fsp3) is 0.176. The number of hydrogen-bond acceptors (Lipinski definition) is 4. The van der Waals surface area contributed by atoms with Gasteiger partial charge >= 0.3 is 0 Å². The van der Waals surface area contributed by atoms with Crippen molar-refractivity contribution >= 4 is 39.4 Å². The second kappa shape index (κ2) is 7.78. The first-order valence-electron chi connectivity index (χ1n) is 7.07. The molecule has 0 fully saturated rings. The molecule has 0 aromatic heterocycles. The fourth-order valence-corrected chi connectivity index (χ4v) is 2.35. The summed E-state index contributed by atoms with van der Waals surface area (Å²) in [6.07, 6.45) is 1.56. The number of benzene rings is 2. The van der Waals surface area contributed by atoms with Crippen molar-refractivity contribution in [2.75, 3.05) is 11.9 Å². The van der Waals surface area contributed by atoms with Gasteiger partial charge in [0.25, 0.3) is 0 Å². The molecule has 0 radical (unpaired) electrons. The molecule has 2 N–H and O–H groups in total. The van der Waals surface area contributed by atoms with Crippen molar-refractivity contribution < 1.29 is 14.6 Å². The van der Waals surface area contributed by atoms with Crippen molar-refractivity contribution in [2.45, 2.75) is 13.8 Å². The molecule has 23 heavy (non-hydrogen) atoms. The molecule has 0 saturated carbocycles. The predicted molar refractivity (Wildman–Crippen MR) is 95.0 cm³/mol. The van der Waals surface area contributed by atoms with Gasteiger partial charge in [-0.15, -0.1) is 0 Å². The predicted octanol–water partition coefficient (Wildman–Crippen LogP) is 4.26. The number of aromatic hydroxyl groups is 1. The average Bonchev–Trinajstić information content (AvgIpc) is 2.51. The molecule has 1 amide bonds. The number of phenols is 1. The van der Waals surface area contributed by atoms with Crippen molar-refractivity contribution in [3.63, 3.8) is 0 Å². The monoisotopic (exact) mass is 376 g/mol. The Labute approximate surface area is 143 Å². The molecule has 0 aliphatic heterocycles. The molecule has 120 valence electrons. The lowest BCUT2D eigenvalue weighted by Gasteiger charge is -2.09. The van der Waals surface area contributed by atoms with E-state index in [1.807, 2.05) is 6.92 Å². The second-order valence-corrected chi connectivity index (χ2v) is 5.58. The minimum absolute atomic E-state index is 0.0415. The molecule has 0 aliphatic carbocycles. The Hall–Kier alpha value is -2.34. The number of rotatable bonds is 5. The van der Waals surface area contributed by atoms with Crippen molar-refractivity contribution in [1.29, 1.82) is 0 Å². The Balaban J connectivity index is 2.22. The standard InChI is InChI=1S/C17H17BrN2O3/c1-3-23-16-9-8-15(18)14(17(16)22)10-19-12-4-6-13(7-5-12)20-11(2)21/h4-10,22H,3H2,1-2H3,(H,20,21). The zero-order valence-electron chi connectivity index (χ0n) is 12.8. The Morgan fingerprint density at radius 3 is 2.61 bits per heavy atom. The molecule has 0 unspecified atom stereocenters. The summed E-state index contributed by atoms with van der Waals surface area (Å²) >= 11 is 3.39. The van der Waals surface area contributed by atoms with E-state index in [2.05, 4.69) is 26.2 Å². The molecule has 2 aromatic carbocycles. The van der Waals surface area contributed by atoms with Crippen molar-refractivity contribution in [3.05, 3.63) is 46.4 Å². The van der Waals surface area contributed by atoms with Gasteiger partial charge < -0.3 is 15.2 Å². The maximum absolute atomic E-state index is 11.0. The molecule has 0 saturated heterocycles. The van der Waals surface area contributed by atoms with Crippen LogP contribution in [-0.4, -0.2) is 23.8 Å². The molecule has 2 rings (SSSR count). The molecule has 0 spiro atoms. The Bertz CT molecular complexity index is 727. The summed E-state index contributed by atoms with van der Waals surface area (Å²) in [6.45, 7) is 3.78. The lowest BCUT2D eigenvalue weighted by atomic mass is 10.2. The Morgan fingerprint density at radius 2 is 2.00 bits per heavy atom. The third kappa shape index (κ3) is 4.56. The lowest BCUT2D eigenvalue weighted by Crippen LogP contribution is -2.04. The SMILES string of the molecule is CCOc1ccc(Br)c(C=Nc2ccc(NC(C)=O)cc2)c1O. The Morgan fingerprint density at radius 1 is 1.30 bits per heavy atom. The van der Waals surface area contributed by atoms with E-state index in [9.17, 15) is 9.90 Å². The number of carbonyl (C=O) groups is 1. The second-order valence-electron chi connectivity index (χ2n) is 4.73. The third-order valence-electron chi connectivity index (χ3n) is 2.96. The molecule has 5 nitrogen and oxygen atoms in total. The molecule has 6 heteroatoms. The van der Waals surface area contributed by atoms with E-state index in [1.165, 1.54) is 6.92 Å². The zero-order chi connectivity index (χ0) is 16.8. The number of halogens is 1. The molecular weight excluding hydrogens is 360 g/mol. The highest BCUT2D eigenvalue weighted by Gasteiger charge is 2.10. The number of phenolic OH excluding ortho intramolecular Hbond substituents is 1. The number of nitrogens with zero attached hydrogens (tertiary/aromatic N) is 1. The maximum Gasteiger partial charge on any atom is 0.221 e. The minimum Gasteiger partial charge on any atom is -0.504 e. The van der Waals surface area contributed by atoms with Gasteiger partial charge in [-0.2, -0.15) is 0 Å². The van der Waals surface area contributed by atoms with E-state index >= 15 is 0 Å². The molecule has 0 bridgehead atoms. The molecular formula is C17H17BrN2O3. The topological polar surface area (TPSA) is 70.9 Å². The summed E-state index contributed by atoms with van der Waals surface area (Å²) in [6, 6.07) is 10.6. The van der Waals surface area contributed by atoms with Crippen LogP contribution >= 0.6 is 15.9 Å². The van der Waals surface area contributed by atoms with Crippen molar-refractivity contribution in [3.8, 4) is 11.5 Å². The first-order chi connectivity index (χ1) is 11.0. The smallest absolute Gasteiger partial charge is 0.221 e. The molecule has 2 aromatic rings. The van der Waals surface area contributed by atoms with E-state index in [0.29, 0.717) is 29.3 Å². The Kier molecular flexibility index (Phi) is 5.76. The quantitative estimate of drug-likeness (QED) is 0.765. The fourth-order valence-electron chi connectivity index (χ4n) is 1.93. The zero-order valence-corrected chi connectivity index (χ0v) is 14.4. The number of amides is 1. The first kappa shape index (κ1) is 17.0. The van der Waals surface area contributed by atoms with Gasteiger partial charge in [0.15, 0.2) is 11.5 Å². The van der Waals surface area contributed by atoms with Crippen molar-refractivity contribution in [2.24, 2.45) is 4.99 Å². The largest absolute Gasteiger partial charge is 0.504 e. The number of aliphatic imine (C=N–C) groups is 1. The van der Waals surface area contributed by atoms with Gasteiger partial charge in [0, 0.05) is 23.3 Å². The highest BCUT2D eigenvalue weighted by Crippen LogP contribution is 2.34. The first-order valence-corrected chi connectivity index (χ1v) is 7.86. The van der Waals surface area contributed by atoms with Gasteiger partial charge in [-0.25, -0.2) is 0 Å². The molecule has 0 atom stereocenters. The van der Waals surface area contributed by atoms with E-state index < -0.39 is 0 Å². The number of carbonyl (C=O) groups excluding carboxylic acids is 1. The number of hydrogen-bond donors (Lipinski definition) is 2. The van der Waals surface area contributed by atoms with Crippen LogP contribution in [0.3, 0.4) is 0 Å². The van der Waals surface area contributed by atoms with Crippen LogP contribution in [-0.2, 0) is 4.79 Å². The van der Waals surface area contributed by atoms with E-state index in [0.717, 1.165) is 4.47 Å². The summed E-state index contributed by atoms with van der Waals surface area (Å²) in [4.78, 5) is 15.3. The van der Waals surface area contributed by atoms with Crippen LogP contribution in [0.15, 0.2) is 45.9 Å². The maximum atomic E-state index is 11.0. The summed E-state index contributed by atoms with van der Waals surface area (Å²) in [5.41, 5.74) is 1.95. The van der Waals surface area contributed by atoms with E-state index in [1.54, 1.807) is 42.6 Å². The van der Waals surface area contributed by atoms with Gasteiger partial charge in [-0.1, -0.05) is 0 Å². The third-order valence-corrected chi connectivity index (χ3v) is 3.65. The van der Waals surface area contributed by atoms with Gasteiger partial charge in [0.2, 0.25) is 5.91 Å². The van der Waals surface area contributed by atoms with Gasteiger partial charge in [-0.3, -0.25) is 9.79 Å². The molecule has 0 heterocycles. The number of nitrogens with one attached hydrogen (secondary N) is 1. The van der Waals surface area contributed by atoms with Crippen LogP contribution < -0.4 is 10.1 Å². The van der Waals surface area contributed by atoms with Crippen molar-refractivity contribution in [1.82, 2.24) is 0 Å². The summed E-state index contributed by atoms with van der Waals surface area (Å²) in [5.74, 6) is 0.334. The lowest BCUT2D eigenvalue weighted by molar-refractivity contribution is -0.114. The van der Waals surface area contributed by atoms with Crippen LogP contribution in [0.1, 0.15) is 19.4 Å². The summed E-state index contributed by atoms with van der Waals surface area (Å²) < 4.78 is 6.08. The normalized spacial score (nSPS) is 10.7. The minimum atomic E-state index is -0.122. The molecule has 0 aliphatic rings. The summed E-state index contributed by atoms with van der Waals surface area (Å²) in [5, 5.41) is 12.9. The van der Waals surface area contributed by atoms with Gasteiger partial charge in [0.1, 0.15) is 0 Å². The van der Waals surface area contributed by atoms with Crippen LogP contribution in [0.25, 0.3) is 0 Å². The number of anilines is 1. The van der Waals surface area contributed by atoms with E-state index in [-0.39, 0.29) is 11.7 Å². The van der Waals surface area contributed by atoms with Gasteiger partial charge in [-0.05, 0) is 59.3 Å². The van der Waals surface area contributed by atoms with E-state index in [4.69, 9.17) is 4.74 Å². The summed E-state index contributed by atoms with van der Waals surface area (Å²) in [7, 11) is 0. The van der Waals surface area contributed by atoms with Crippen LogP contribution in [0, 0.1) is 0 Å². The highest BCUT2D eigenvalue weighted by molar-refractivity contribution is 9.10. The highest BCUT2D eigenvalue weighted by atomic mass is 79.9.